The predicted molar refractivity (Wildman–Crippen MR) is 86.4 cm³/mol. The summed E-state index contributed by atoms with van der Waals surface area (Å²) in [6.45, 7) is 0. The summed E-state index contributed by atoms with van der Waals surface area (Å²) in [6, 6.07) is 19.1. The first-order chi connectivity index (χ1) is 10.2. The Balaban J connectivity index is 1.96. The molecule has 0 fully saturated rings. The van der Waals surface area contributed by atoms with Gasteiger partial charge in [0, 0.05) is 16.7 Å². The molecule has 0 saturated carbocycles. The van der Waals surface area contributed by atoms with Gasteiger partial charge < -0.3 is 10.8 Å². The van der Waals surface area contributed by atoms with Crippen LogP contribution in [-0.2, 0) is 11.2 Å². The van der Waals surface area contributed by atoms with Crippen LogP contribution in [0.5, 0.6) is 0 Å². The van der Waals surface area contributed by atoms with Crippen LogP contribution in [0.1, 0.15) is 5.56 Å². The lowest BCUT2D eigenvalue weighted by molar-refractivity contribution is -0.142. The lowest BCUT2D eigenvalue weighted by atomic mass is 9.94. The second kappa shape index (κ2) is 7.86. The minimum Gasteiger partial charge on any atom is -0.481 e. The van der Waals surface area contributed by atoms with E-state index in [4.69, 9.17) is 5.73 Å². The van der Waals surface area contributed by atoms with Crippen molar-refractivity contribution in [2.45, 2.75) is 17.4 Å². The summed E-state index contributed by atoms with van der Waals surface area (Å²) in [5.41, 5.74) is 7.12. The van der Waals surface area contributed by atoms with Crippen molar-refractivity contribution >= 4 is 17.7 Å². The van der Waals surface area contributed by atoms with Crippen molar-refractivity contribution in [3.8, 4) is 0 Å². The molecular formula is C17H19NO2S. The van der Waals surface area contributed by atoms with E-state index in [0.29, 0.717) is 12.2 Å². The number of benzene rings is 2. The molecule has 0 aromatic heterocycles. The Morgan fingerprint density at radius 1 is 1.05 bits per heavy atom. The first-order valence-corrected chi connectivity index (χ1v) is 7.85. The summed E-state index contributed by atoms with van der Waals surface area (Å²) in [7, 11) is 0. The highest BCUT2D eigenvalue weighted by molar-refractivity contribution is 7.99. The molecule has 0 spiro atoms. The van der Waals surface area contributed by atoms with Crippen LogP contribution in [0.4, 0.5) is 0 Å². The Morgan fingerprint density at radius 3 is 2.19 bits per heavy atom. The van der Waals surface area contributed by atoms with E-state index in [1.165, 1.54) is 0 Å². The van der Waals surface area contributed by atoms with Crippen LogP contribution < -0.4 is 5.73 Å². The third-order valence-corrected chi connectivity index (χ3v) is 4.48. The molecule has 0 saturated heterocycles. The van der Waals surface area contributed by atoms with Gasteiger partial charge in [0.1, 0.15) is 0 Å². The molecule has 3 N–H and O–H groups in total. The Hall–Kier alpha value is -1.78. The molecule has 0 aliphatic rings. The first kappa shape index (κ1) is 15.6. The van der Waals surface area contributed by atoms with Crippen LogP contribution in [0, 0.1) is 5.92 Å². The van der Waals surface area contributed by atoms with Gasteiger partial charge in [0.2, 0.25) is 0 Å². The van der Waals surface area contributed by atoms with E-state index in [0.717, 1.165) is 10.5 Å². The van der Waals surface area contributed by atoms with Gasteiger partial charge in [-0.05, 0) is 24.1 Å². The molecule has 21 heavy (non-hydrogen) atoms. The van der Waals surface area contributed by atoms with Crippen LogP contribution in [0.15, 0.2) is 65.6 Å². The molecule has 0 amide bonds. The van der Waals surface area contributed by atoms with Crippen LogP contribution in [-0.4, -0.2) is 22.9 Å². The summed E-state index contributed by atoms with van der Waals surface area (Å²) < 4.78 is 0. The second-order valence-electron chi connectivity index (χ2n) is 4.92. The van der Waals surface area contributed by atoms with Gasteiger partial charge in [-0.3, -0.25) is 4.79 Å². The van der Waals surface area contributed by atoms with Crippen molar-refractivity contribution in [3.05, 3.63) is 66.2 Å². The van der Waals surface area contributed by atoms with E-state index in [1.54, 1.807) is 11.8 Å². The molecule has 0 aliphatic carbocycles. The third kappa shape index (κ3) is 4.92. The van der Waals surface area contributed by atoms with Gasteiger partial charge in [-0.1, -0.05) is 48.5 Å². The molecule has 3 nitrogen and oxygen atoms in total. The summed E-state index contributed by atoms with van der Waals surface area (Å²) in [5, 5.41) is 9.41. The fourth-order valence-electron chi connectivity index (χ4n) is 2.12. The van der Waals surface area contributed by atoms with Gasteiger partial charge in [0.15, 0.2) is 0 Å². The summed E-state index contributed by atoms with van der Waals surface area (Å²) in [4.78, 5) is 12.6. The zero-order valence-corrected chi connectivity index (χ0v) is 12.5. The quantitative estimate of drug-likeness (QED) is 0.772. The number of carbonyl (C=O) groups is 1. The van der Waals surface area contributed by atoms with E-state index in [1.807, 2.05) is 60.7 Å². The van der Waals surface area contributed by atoms with Gasteiger partial charge in [0.25, 0.3) is 0 Å². The number of hydrogen-bond acceptors (Lipinski definition) is 3. The molecule has 4 heteroatoms. The first-order valence-electron chi connectivity index (χ1n) is 6.87. The van der Waals surface area contributed by atoms with Crippen molar-refractivity contribution < 1.29 is 9.90 Å². The number of nitrogens with two attached hydrogens (primary N) is 1. The molecule has 0 heterocycles. The Labute approximate surface area is 129 Å². The lowest BCUT2D eigenvalue weighted by Gasteiger charge is -2.20. The highest BCUT2D eigenvalue weighted by atomic mass is 32.2. The maximum atomic E-state index is 11.5. The fraction of sp³-hybridized carbons (Fsp3) is 0.235. The summed E-state index contributed by atoms with van der Waals surface area (Å²) in [5.74, 6) is -0.808. The van der Waals surface area contributed by atoms with E-state index in [-0.39, 0.29) is 6.04 Å². The number of thioether (sulfide) groups is 1. The number of rotatable bonds is 7. The zero-order valence-electron chi connectivity index (χ0n) is 11.7. The Morgan fingerprint density at radius 2 is 1.62 bits per heavy atom. The zero-order chi connectivity index (χ0) is 15.1. The minimum atomic E-state index is -0.833. The van der Waals surface area contributed by atoms with E-state index in [9.17, 15) is 9.90 Å². The van der Waals surface area contributed by atoms with Crippen molar-refractivity contribution in [2.24, 2.45) is 11.7 Å². The highest BCUT2D eigenvalue weighted by Crippen LogP contribution is 2.21. The SMILES string of the molecule is N[C@H](CSc1ccccc1)[C@H](Cc1ccccc1)C(=O)O. The maximum absolute atomic E-state index is 11.5. The Kier molecular flexibility index (Phi) is 5.84. The number of hydrogen-bond donors (Lipinski definition) is 2. The number of carboxylic acid groups (broad SMARTS) is 1. The molecule has 0 radical (unpaired) electrons. The van der Waals surface area contributed by atoms with Crippen molar-refractivity contribution in [1.82, 2.24) is 0 Å². The van der Waals surface area contributed by atoms with Gasteiger partial charge in [0.05, 0.1) is 5.92 Å². The molecule has 2 aromatic carbocycles. The normalized spacial score (nSPS) is 13.6. The smallest absolute Gasteiger partial charge is 0.308 e. The van der Waals surface area contributed by atoms with Gasteiger partial charge in [-0.15, -0.1) is 11.8 Å². The average molecular weight is 301 g/mol. The van der Waals surface area contributed by atoms with E-state index < -0.39 is 11.9 Å². The number of carboxylic acids is 1. The van der Waals surface area contributed by atoms with Crippen LogP contribution in [0.2, 0.25) is 0 Å². The summed E-state index contributed by atoms with van der Waals surface area (Å²) >= 11 is 1.60. The van der Waals surface area contributed by atoms with Crippen LogP contribution in [0.3, 0.4) is 0 Å². The van der Waals surface area contributed by atoms with Crippen LogP contribution in [0.25, 0.3) is 0 Å². The van der Waals surface area contributed by atoms with Crippen molar-refractivity contribution in [3.63, 3.8) is 0 Å². The molecule has 0 bridgehead atoms. The van der Waals surface area contributed by atoms with Gasteiger partial charge in [-0.2, -0.15) is 0 Å². The lowest BCUT2D eigenvalue weighted by Crippen LogP contribution is -2.38. The number of aliphatic carboxylic acids is 1. The topological polar surface area (TPSA) is 63.3 Å². The van der Waals surface area contributed by atoms with Gasteiger partial charge in [-0.25, -0.2) is 0 Å². The predicted octanol–water partition coefficient (Wildman–Crippen LogP) is 3.05. The molecule has 0 aliphatic heterocycles. The van der Waals surface area contributed by atoms with Crippen molar-refractivity contribution in [2.75, 3.05) is 5.75 Å². The van der Waals surface area contributed by atoms with E-state index >= 15 is 0 Å². The van der Waals surface area contributed by atoms with E-state index in [2.05, 4.69) is 0 Å². The highest BCUT2D eigenvalue weighted by Gasteiger charge is 2.25. The third-order valence-electron chi connectivity index (χ3n) is 3.32. The minimum absolute atomic E-state index is 0.382. The standard InChI is InChI=1S/C17H19NO2S/c18-16(12-21-14-9-5-2-6-10-14)15(17(19)20)11-13-7-3-1-4-8-13/h1-10,15-16H,11-12,18H2,(H,19,20)/t15-,16+/m0/s1. The van der Waals surface area contributed by atoms with Crippen molar-refractivity contribution in [1.29, 1.82) is 0 Å². The van der Waals surface area contributed by atoms with Crippen LogP contribution >= 0.6 is 11.8 Å². The molecular weight excluding hydrogens is 282 g/mol. The average Bonchev–Trinajstić information content (AvgIpc) is 2.52. The largest absolute Gasteiger partial charge is 0.481 e. The molecule has 110 valence electrons. The second-order valence-corrected chi connectivity index (χ2v) is 6.02. The monoisotopic (exact) mass is 301 g/mol. The molecule has 0 unspecified atom stereocenters. The fourth-order valence-corrected chi connectivity index (χ4v) is 3.08. The summed E-state index contributed by atoms with van der Waals surface area (Å²) in [6.07, 6.45) is 0.465. The maximum Gasteiger partial charge on any atom is 0.308 e. The molecule has 2 atom stereocenters. The Bertz CT molecular complexity index is 560. The molecule has 2 aromatic rings. The molecule has 2 rings (SSSR count). The van der Waals surface area contributed by atoms with Gasteiger partial charge >= 0.3 is 5.97 Å².